The zero-order chi connectivity index (χ0) is 14.0. The van der Waals surface area contributed by atoms with E-state index in [1.54, 1.807) is 0 Å². The molecule has 1 fully saturated rings. The highest BCUT2D eigenvalue weighted by atomic mass is 19.2. The summed E-state index contributed by atoms with van der Waals surface area (Å²) in [6, 6.07) is 3.12. The Kier molecular flexibility index (Phi) is 3.55. The topological polar surface area (TPSA) is 66.5 Å². The number of nitrogens with zero attached hydrogens (tertiary/aromatic N) is 1. The third-order valence-electron chi connectivity index (χ3n) is 2.64. The van der Waals surface area contributed by atoms with Crippen molar-refractivity contribution in [2.45, 2.75) is 6.42 Å². The number of hydrogen-bond acceptors (Lipinski definition) is 3. The molecule has 19 heavy (non-hydrogen) atoms. The Morgan fingerprint density at radius 1 is 1.16 bits per heavy atom. The molecule has 0 saturated carbocycles. The number of benzene rings is 1. The molecule has 1 heterocycles. The highest BCUT2D eigenvalue weighted by molar-refractivity contribution is 6.02. The molecule has 1 aliphatic rings. The Labute approximate surface area is 107 Å². The summed E-state index contributed by atoms with van der Waals surface area (Å²) in [4.78, 5) is 35.1. The van der Waals surface area contributed by atoms with Crippen LogP contribution in [0.4, 0.5) is 8.78 Å². The lowest BCUT2D eigenvalue weighted by Gasteiger charge is -2.25. The fourth-order valence-electron chi connectivity index (χ4n) is 1.75. The van der Waals surface area contributed by atoms with Crippen molar-refractivity contribution in [3.05, 3.63) is 35.4 Å². The van der Waals surface area contributed by atoms with Crippen LogP contribution in [0.5, 0.6) is 0 Å². The van der Waals surface area contributed by atoms with Crippen LogP contribution in [-0.4, -0.2) is 35.7 Å². The van der Waals surface area contributed by atoms with E-state index in [0.29, 0.717) is 0 Å². The van der Waals surface area contributed by atoms with Crippen molar-refractivity contribution in [1.82, 2.24) is 10.2 Å². The minimum atomic E-state index is -1.04. The van der Waals surface area contributed by atoms with Gasteiger partial charge in [-0.3, -0.25) is 19.7 Å². The zero-order valence-electron chi connectivity index (χ0n) is 9.78. The number of halogens is 2. The summed E-state index contributed by atoms with van der Waals surface area (Å²) >= 11 is 0. The van der Waals surface area contributed by atoms with Gasteiger partial charge in [-0.15, -0.1) is 0 Å². The predicted octanol–water partition coefficient (Wildman–Crippen LogP) is -0.00770. The van der Waals surface area contributed by atoms with Crippen molar-refractivity contribution in [2.24, 2.45) is 0 Å². The van der Waals surface area contributed by atoms with Crippen molar-refractivity contribution >= 4 is 17.7 Å². The average Bonchev–Trinajstić information content (AvgIpc) is 2.32. The van der Waals surface area contributed by atoms with E-state index >= 15 is 0 Å². The first kappa shape index (κ1) is 13.1. The molecule has 0 radical (unpaired) electrons. The van der Waals surface area contributed by atoms with Gasteiger partial charge in [-0.1, -0.05) is 6.07 Å². The van der Waals surface area contributed by atoms with Gasteiger partial charge in [-0.25, -0.2) is 8.78 Å². The Balaban J connectivity index is 2.06. The lowest BCUT2D eigenvalue weighted by atomic mass is 10.1. The van der Waals surface area contributed by atoms with E-state index in [-0.39, 0.29) is 25.1 Å². The second kappa shape index (κ2) is 5.13. The van der Waals surface area contributed by atoms with E-state index in [4.69, 9.17) is 0 Å². The van der Waals surface area contributed by atoms with E-state index in [9.17, 15) is 23.2 Å². The van der Waals surface area contributed by atoms with Crippen LogP contribution in [0.2, 0.25) is 0 Å². The Hall–Kier alpha value is -2.31. The van der Waals surface area contributed by atoms with E-state index < -0.39 is 29.4 Å². The van der Waals surface area contributed by atoms with Gasteiger partial charge in [0.25, 0.3) is 0 Å². The maximum atomic E-state index is 13.0. The summed E-state index contributed by atoms with van der Waals surface area (Å²) in [6.45, 7) is -0.428. The van der Waals surface area contributed by atoms with Crippen LogP contribution in [0, 0.1) is 11.6 Å². The smallest absolute Gasteiger partial charge is 0.246 e. The van der Waals surface area contributed by atoms with Crippen LogP contribution in [0.15, 0.2) is 18.2 Å². The highest BCUT2D eigenvalue weighted by Gasteiger charge is 2.26. The first-order valence-corrected chi connectivity index (χ1v) is 5.50. The predicted molar refractivity (Wildman–Crippen MR) is 59.8 cm³/mol. The van der Waals surface area contributed by atoms with Gasteiger partial charge in [0.05, 0.1) is 6.42 Å². The van der Waals surface area contributed by atoms with Crippen LogP contribution in [0.3, 0.4) is 0 Å². The molecule has 0 aliphatic carbocycles. The number of imide groups is 1. The molecule has 3 amide bonds. The summed E-state index contributed by atoms with van der Waals surface area (Å²) < 4.78 is 25.7. The van der Waals surface area contributed by atoms with Gasteiger partial charge in [-0.05, 0) is 17.7 Å². The van der Waals surface area contributed by atoms with Crippen LogP contribution < -0.4 is 5.32 Å². The highest BCUT2D eigenvalue weighted by Crippen LogP contribution is 2.10. The van der Waals surface area contributed by atoms with Gasteiger partial charge in [0.2, 0.25) is 17.7 Å². The van der Waals surface area contributed by atoms with Gasteiger partial charge in [0.15, 0.2) is 11.6 Å². The van der Waals surface area contributed by atoms with E-state index in [2.05, 4.69) is 5.32 Å². The first-order chi connectivity index (χ1) is 8.95. The second-order valence-corrected chi connectivity index (χ2v) is 4.15. The molecule has 0 atom stereocenters. The van der Waals surface area contributed by atoms with Crippen molar-refractivity contribution < 1.29 is 23.2 Å². The summed E-state index contributed by atoms with van der Waals surface area (Å²) in [7, 11) is 0. The molecule has 7 heteroatoms. The number of rotatable bonds is 2. The molecule has 0 spiro atoms. The molecule has 0 bridgehead atoms. The quantitative estimate of drug-likeness (QED) is 0.767. The molecule has 2 rings (SSSR count). The first-order valence-electron chi connectivity index (χ1n) is 5.50. The van der Waals surface area contributed by atoms with Gasteiger partial charge in [0, 0.05) is 0 Å². The molecule has 1 aliphatic heterocycles. The molecule has 1 saturated heterocycles. The second-order valence-electron chi connectivity index (χ2n) is 4.15. The SMILES string of the molecule is O=C1CN(C(=O)Cc2ccc(F)c(F)c2)CC(=O)N1. The van der Waals surface area contributed by atoms with Crippen molar-refractivity contribution in [3.8, 4) is 0 Å². The maximum Gasteiger partial charge on any atom is 0.246 e. The van der Waals surface area contributed by atoms with Crippen LogP contribution in [0.1, 0.15) is 5.56 Å². The molecule has 1 aromatic carbocycles. The Morgan fingerprint density at radius 2 is 1.79 bits per heavy atom. The minimum absolute atomic E-state index is 0.197. The van der Waals surface area contributed by atoms with Gasteiger partial charge < -0.3 is 4.90 Å². The van der Waals surface area contributed by atoms with Crippen molar-refractivity contribution in [1.29, 1.82) is 0 Å². The van der Waals surface area contributed by atoms with E-state index in [1.807, 2.05) is 0 Å². The third-order valence-corrected chi connectivity index (χ3v) is 2.64. The number of hydrogen-bond donors (Lipinski definition) is 1. The van der Waals surface area contributed by atoms with Crippen LogP contribution >= 0.6 is 0 Å². The Morgan fingerprint density at radius 3 is 2.37 bits per heavy atom. The minimum Gasteiger partial charge on any atom is -0.324 e. The molecule has 1 aromatic rings. The number of amides is 3. The molecule has 0 unspecified atom stereocenters. The molecule has 100 valence electrons. The molecular weight excluding hydrogens is 258 g/mol. The van der Waals surface area contributed by atoms with Crippen molar-refractivity contribution in [3.63, 3.8) is 0 Å². The lowest BCUT2D eigenvalue weighted by molar-refractivity contribution is -0.145. The Bertz CT molecular complexity index is 544. The standard InChI is InChI=1S/C12H10F2N2O3/c13-8-2-1-7(3-9(8)14)4-12(19)16-5-10(17)15-11(18)6-16/h1-3H,4-6H2,(H,15,17,18). The zero-order valence-corrected chi connectivity index (χ0v) is 9.78. The summed E-state index contributed by atoms with van der Waals surface area (Å²) in [5.74, 6) is -3.65. The fraction of sp³-hybridized carbons (Fsp3) is 0.250. The number of carbonyl (C=O) groups excluding carboxylic acids is 3. The summed E-state index contributed by atoms with van der Waals surface area (Å²) in [5, 5.41) is 2.06. The fourth-order valence-corrected chi connectivity index (χ4v) is 1.75. The molecule has 1 N–H and O–H groups in total. The normalized spacial score (nSPS) is 15.4. The average molecular weight is 268 g/mol. The van der Waals surface area contributed by atoms with Gasteiger partial charge in [-0.2, -0.15) is 0 Å². The largest absolute Gasteiger partial charge is 0.324 e. The van der Waals surface area contributed by atoms with Gasteiger partial charge >= 0.3 is 0 Å². The molecular formula is C12H10F2N2O3. The van der Waals surface area contributed by atoms with Crippen LogP contribution in [-0.2, 0) is 20.8 Å². The summed E-state index contributed by atoms with van der Waals surface area (Å²) in [5.41, 5.74) is 0.280. The maximum absolute atomic E-state index is 13.0. The third kappa shape index (κ3) is 3.12. The number of nitrogens with one attached hydrogen (secondary N) is 1. The van der Waals surface area contributed by atoms with Crippen molar-refractivity contribution in [2.75, 3.05) is 13.1 Å². The summed E-state index contributed by atoms with van der Waals surface area (Å²) in [6.07, 6.45) is -0.197. The van der Waals surface area contributed by atoms with Gasteiger partial charge in [0.1, 0.15) is 13.1 Å². The van der Waals surface area contributed by atoms with E-state index in [0.717, 1.165) is 17.0 Å². The number of carbonyl (C=O) groups is 3. The molecule has 5 nitrogen and oxygen atoms in total. The monoisotopic (exact) mass is 268 g/mol. The van der Waals surface area contributed by atoms with E-state index in [1.165, 1.54) is 6.07 Å². The van der Waals surface area contributed by atoms with Crippen LogP contribution in [0.25, 0.3) is 0 Å². The molecule has 0 aromatic heterocycles. The number of piperazine rings is 1. The lowest BCUT2D eigenvalue weighted by Crippen LogP contribution is -2.53.